The lowest BCUT2D eigenvalue weighted by Crippen LogP contribution is -2.43. The summed E-state index contributed by atoms with van der Waals surface area (Å²) < 4.78 is 10.6. The van der Waals surface area contributed by atoms with Gasteiger partial charge in [0.25, 0.3) is 0 Å². The van der Waals surface area contributed by atoms with Crippen molar-refractivity contribution in [2.75, 3.05) is 33.9 Å². The zero-order valence-corrected chi connectivity index (χ0v) is 16.8. The Balaban J connectivity index is 1.52. The number of benzene rings is 1. The highest BCUT2D eigenvalue weighted by molar-refractivity contribution is 5.89. The molecule has 154 valence electrons. The first-order valence-corrected chi connectivity index (χ1v) is 10.0. The van der Waals surface area contributed by atoms with Gasteiger partial charge in [0.2, 0.25) is 11.8 Å². The number of nitrogens with one attached hydrogen (secondary N) is 1. The normalized spacial score (nSPS) is 24.5. The van der Waals surface area contributed by atoms with Crippen LogP contribution in [0, 0.1) is 11.8 Å². The van der Waals surface area contributed by atoms with Gasteiger partial charge in [0.15, 0.2) is 11.5 Å². The van der Waals surface area contributed by atoms with Crippen molar-refractivity contribution in [3.05, 3.63) is 23.8 Å². The summed E-state index contributed by atoms with van der Waals surface area (Å²) in [6, 6.07) is 5.93. The van der Waals surface area contributed by atoms with Gasteiger partial charge in [-0.15, -0.1) is 0 Å². The monoisotopic (exact) mass is 389 g/mol. The lowest BCUT2D eigenvalue weighted by Gasteiger charge is -2.22. The van der Waals surface area contributed by atoms with Crippen LogP contribution in [-0.4, -0.2) is 56.6 Å². The van der Waals surface area contributed by atoms with Crippen molar-refractivity contribution in [2.24, 2.45) is 17.6 Å². The first-order chi connectivity index (χ1) is 13.5. The highest BCUT2D eigenvalue weighted by atomic mass is 16.5. The van der Waals surface area contributed by atoms with E-state index in [0.29, 0.717) is 43.5 Å². The van der Waals surface area contributed by atoms with Crippen LogP contribution in [0.3, 0.4) is 0 Å². The topological polar surface area (TPSA) is 93.9 Å². The van der Waals surface area contributed by atoms with Gasteiger partial charge in [-0.05, 0) is 49.4 Å². The van der Waals surface area contributed by atoms with E-state index in [9.17, 15) is 9.59 Å². The van der Waals surface area contributed by atoms with E-state index in [4.69, 9.17) is 15.2 Å². The van der Waals surface area contributed by atoms with Crippen molar-refractivity contribution in [2.45, 2.75) is 38.1 Å². The number of likely N-dealkylation sites (tertiary alicyclic amines) is 1. The third-order valence-electron chi connectivity index (χ3n) is 5.99. The van der Waals surface area contributed by atoms with Gasteiger partial charge in [-0.25, -0.2) is 0 Å². The van der Waals surface area contributed by atoms with Crippen molar-refractivity contribution in [3.8, 4) is 11.5 Å². The second-order valence-electron chi connectivity index (χ2n) is 7.72. The van der Waals surface area contributed by atoms with Crippen LogP contribution in [0.5, 0.6) is 11.5 Å². The summed E-state index contributed by atoms with van der Waals surface area (Å²) >= 11 is 0. The van der Waals surface area contributed by atoms with Gasteiger partial charge in [0.1, 0.15) is 0 Å². The van der Waals surface area contributed by atoms with E-state index in [1.807, 2.05) is 18.2 Å². The molecule has 3 atom stereocenters. The van der Waals surface area contributed by atoms with Crippen molar-refractivity contribution in [3.63, 3.8) is 0 Å². The van der Waals surface area contributed by atoms with Gasteiger partial charge in [0.05, 0.1) is 20.1 Å². The molecule has 1 aliphatic carbocycles. The molecule has 0 spiro atoms. The van der Waals surface area contributed by atoms with Crippen LogP contribution in [-0.2, 0) is 16.0 Å². The van der Waals surface area contributed by atoms with Crippen molar-refractivity contribution >= 4 is 11.8 Å². The fourth-order valence-electron chi connectivity index (χ4n) is 4.27. The maximum absolute atomic E-state index is 12.6. The number of ether oxygens (including phenoxy) is 2. The van der Waals surface area contributed by atoms with Crippen molar-refractivity contribution < 1.29 is 19.1 Å². The van der Waals surface area contributed by atoms with Gasteiger partial charge >= 0.3 is 0 Å². The number of amides is 2. The number of hydrogen-bond donors (Lipinski definition) is 2. The quantitative estimate of drug-likeness (QED) is 0.700. The maximum Gasteiger partial charge on any atom is 0.225 e. The summed E-state index contributed by atoms with van der Waals surface area (Å²) in [4.78, 5) is 26.8. The van der Waals surface area contributed by atoms with E-state index in [2.05, 4.69) is 5.32 Å². The minimum atomic E-state index is -0.267. The third kappa shape index (κ3) is 4.58. The molecule has 7 nitrogen and oxygen atoms in total. The third-order valence-corrected chi connectivity index (χ3v) is 5.99. The fraction of sp³-hybridized carbons (Fsp3) is 0.619. The number of rotatable bonds is 8. The lowest BCUT2D eigenvalue weighted by molar-refractivity contribution is -0.129. The van der Waals surface area contributed by atoms with Crippen LogP contribution >= 0.6 is 0 Å². The first-order valence-electron chi connectivity index (χ1n) is 10.0. The largest absolute Gasteiger partial charge is 0.493 e. The number of carbonyl (C=O) groups excluding carboxylic acids is 2. The summed E-state index contributed by atoms with van der Waals surface area (Å²) in [6.45, 7) is 1.68. The van der Waals surface area contributed by atoms with Crippen molar-refractivity contribution in [1.29, 1.82) is 0 Å². The van der Waals surface area contributed by atoms with E-state index in [1.165, 1.54) is 0 Å². The van der Waals surface area contributed by atoms with E-state index in [0.717, 1.165) is 24.8 Å². The number of carbonyl (C=O) groups is 2. The molecule has 1 aliphatic heterocycles. The van der Waals surface area contributed by atoms with E-state index >= 15 is 0 Å². The highest BCUT2D eigenvalue weighted by Crippen LogP contribution is 2.29. The molecule has 28 heavy (non-hydrogen) atoms. The average molecular weight is 389 g/mol. The highest BCUT2D eigenvalue weighted by Gasteiger charge is 2.36. The Morgan fingerprint density at radius 3 is 2.75 bits per heavy atom. The number of hydrogen-bond acceptors (Lipinski definition) is 5. The van der Waals surface area contributed by atoms with Gasteiger partial charge in [-0.1, -0.05) is 12.5 Å². The molecule has 7 heteroatoms. The molecule has 1 saturated heterocycles. The van der Waals surface area contributed by atoms with Crippen LogP contribution in [0.15, 0.2) is 18.2 Å². The minimum absolute atomic E-state index is 0.00711. The molecule has 2 fully saturated rings. The SMILES string of the molecule is COc1ccc(CCN2CC(C(=O)NC3CCCC3CN)CC2=O)cc1OC. The molecule has 1 aromatic rings. The van der Waals surface area contributed by atoms with Gasteiger partial charge in [-0.3, -0.25) is 9.59 Å². The predicted octanol–water partition coefficient (Wildman–Crippen LogP) is 1.34. The second-order valence-corrected chi connectivity index (χ2v) is 7.72. The Hall–Kier alpha value is -2.28. The molecule has 0 bridgehead atoms. The molecule has 2 amide bonds. The van der Waals surface area contributed by atoms with E-state index < -0.39 is 0 Å². The fourth-order valence-corrected chi connectivity index (χ4v) is 4.27. The van der Waals surface area contributed by atoms with Gasteiger partial charge < -0.3 is 25.4 Å². The number of nitrogens with two attached hydrogens (primary N) is 1. The maximum atomic E-state index is 12.6. The molecule has 3 N–H and O–H groups in total. The van der Waals surface area contributed by atoms with Crippen LogP contribution in [0.4, 0.5) is 0 Å². The van der Waals surface area contributed by atoms with Gasteiger partial charge in [0, 0.05) is 25.6 Å². The smallest absolute Gasteiger partial charge is 0.225 e. The Morgan fingerprint density at radius 1 is 1.25 bits per heavy atom. The molecule has 1 heterocycles. The Morgan fingerprint density at radius 2 is 2.04 bits per heavy atom. The van der Waals surface area contributed by atoms with Crippen LogP contribution in [0.1, 0.15) is 31.2 Å². The number of nitrogens with zero attached hydrogens (tertiary/aromatic N) is 1. The standard InChI is InChI=1S/C21H31N3O4/c1-27-18-7-6-14(10-19(18)28-2)8-9-24-13-16(11-20(24)25)21(26)23-17-5-3-4-15(17)12-22/h6-7,10,15-17H,3-5,8-9,11-13,22H2,1-2H3,(H,23,26). The van der Waals surface area contributed by atoms with E-state index in [-0.39, 0.29) is 30.2 Å². The summed E-state index contributed by atoms with van der Waals surface area (Å²) in [5, 5.41) is 3.14. The minimum Gasteiger partial charge on any atom is -0.493 e. The summed E-state index contributed by atoms with van der Waals surface area (Å²) in [6.07, 6.45) is 4.16. The molecule has 1 saturated carbocycles. The molecular formula is C21H31N3O4. The summed E-state index contributed by atoms with van der Waals surface area (Å²) in [7, 11) is 3.21. The second kappa shape index (κ2) is 9.28. The first kappa shape index (κ1) is 20.5. The molecule has 0 radical (unpaired) electrons. The molecule has 1 aromatic carbocycles. The lowest BCUT2D eigenvalue weighted by atomic mass is 10.0. The molecule has 3 unspecified atom stereocenters. The van der Waals surface area contributed by atoms with Gasteiger partial charge in [-0.2, -0.15) is 0 Å². The van der Waals surface area contributed by atoms with Crippen LogP contribution in [0.2, 0.25) is 0 Å². The molecule has 2 aliphatic rings. The van der Waals surface area contributed by atoms with Crippen molar-refractivity contribution in [1.82, 2.24) is 10.2 Å². The number of methoxy groups -OCH3 is 2. The zero-order chi connectivity index (χ0) is 20.1. The average Bonchev–Trinajstić information content (AvgIpc) is 3.31. The summed E-state index contributed by atoms with van der Waals surface area (Å²) in [5.74, 6) is 1.49. The van der Waals surface area contributed by atoms with Crippen LogP contribution in [0.25, 0.3) is 0 Å². The molecular weight excluding hydrogens is 358 g/mol. The predicted molar refractivity (Wildman–Crippen MR) is 106 cm³/mol. The Bertz CT molecular complexity index is 709. The van der Waals surface area contributed by atoms with E-state index in [1.54, 1.807) is 19.1 Å². The summed E-state index contributed by atoms with van der Waals surface area (Å²) in [5.41, 5.74) is 6.87. The Labute approximate surface area is 166 Å². The molecule has 0 aromatic heterocycles. The van der Waals surface area contributed by atoms with Crippen LogP contribution < -0.4 is 20.5 Å². The zero-order valence-electron chi connectivity index (χ0n) is 16.8. The Kier molecular flexibility index (Phi) is 6.78. The molecule has 3 rings (SSSR count).